The number of carbonyl (C=O) groups is 2. The molecule has 0 saturated carbocycles. The average Bonchev–Trinajstić information content (AvgIpc) is 3.06. The average molecular weight is 379 g/mol. The Morgan fingerprint density at radius 1 is 1.07 bits per heavy atom. The lowest BCUT2D eigenvalue weighted by molar-refractivity contribution is 0.0959. The van der Waals surface area contributed by atoms with Gasteiger partial charge in [0.2, 0.25) is 0 Å². The lowest BCUT2D eigenvalue weighted by Gasteiger charge is -2.31. The Kier molecular flexibility index (Phi) is 5.19. The number of piperidine rings is 1. The summed E-state index contributed by atoms with van der Waals surface area (Å²) in [4.78, 5) is 25.8. The molecule has 2 N–H and O–H groups in total. The molecule has 1 fully saturated rings. The fourth-order valence-electron chi connectivity index (χ4n) is 4.00. The Morgan fingerprint density at radius 2 is 1.82 bits per heavy atom. The Hall–Kier alpha value is -3.02. The fourth-order valence-corrected chi connectivity index (χ4v) is 4.00. The van der Waals surface area contributed by atoms with E-state index in [1.54, 1.807) is 11.8 Å². The minimum absolute atomic E-state index is 0.0596. The number of carbonyl (C=O) groups excluding carboxylic acids is 2. The van der Waals surface area contributed by atoms with Crippen molar-refractivity contribution >= 4 is 17.8 Å². The number of hydrogen-bond acceptors (Lipinski definition) is 3. The number of hydrogen-bond donors (Lipinski definition) is 2. The highest BCUT2D eigenvalue weighted by Crippen LogP contribution is 2.37. The first-order valence-corrected chi connectivity index (χ1v) is 9.84. The molecule has 146 valence electrons. The third kappa shape index (κ3) is 3.81. The molecule has 1 heterocycles. The molecule has 1 aliphatic carbocycles. The van der Waals surface area contributed by atoms with Crippen LogP contribution in [-0.4, -0.2) is 42.8 Å². The molecular weight excluding hydrogens is 354 g/mol. The number of rotatable bonds is 3. The first-order valence-electron chi connectivity index (χ1n) is 9.84. The second kappa shape index (κ2) is 7.92. The van der Waals surface area contributed by atoms with Gasteiger partial charge in [-0.15, -0.1) is 0 Å². The fraction of sp³-hybridized carbons (Fsp3) is 0.364. The van der Waals surface area contributed by atoms with E-state index in [0.717, 1.165) is 24.9 Å². The van der Waals surface area contributed by atoms with Gasteiger partial charge in [0.15, 0.2) is 0 Å². The minimum Gasteiger partial charge on any atom is -0.450 e. The van der Waals surface area contributed by atoms with Crippen LogP contribution in [0.1, 0.15) is 30.9 Å². The summed E-state index contributed by atoms with van der Waals surface area (Å²) in [5.74, 6) is 0. The third-order valence-corrected chi connectivity index (χ3v) is 5.41. The highest BCUT2D eigenvalue weighted by molar-refractivity contribution is 5.90. The van der Waals surface area contributed by atoms with Gasteiger partial charge in [0.1, 0.15) is 0 Å². The van der Waals surface area contributed by atoms with Gasteiger partial charge in [-0.25, -0.2) is 9.59 Å². The van der Waals surface area contributed by atoms with Gasteiger partial charge in [-0.2, -0.15) is 0 Å². The lowest BCUT2D eigenvalue weighted by atomic mass is 10.1. The standard InChI is InChI=1S/C22H25N3O3/c1-2-28-22(27)25-11-9-17(10-12-25)23-21(26)24-18-7-8-20-16(14-18)13-15-5-3-4-6-19(15)20/h3-8,14,17H,2,9-13H2,1H3,(H2,23,24,26). The molecule has 1 saturated heterocycles. The smallest absolute Gasteiger partial charge is 0.409 e. The van der Waals surface area contributed by atoms with E-state index in [9.17, 15) is 9.59 Å². The molecule has 2 aromatic carbocycles. The van der Waals surface area contributed by atoms with Crippen LogP contribution >= 0.6 is 0 Å². The maximum atomic E-state index is 12.4. The van der Waals surface area contributed by atoms with Crippen molar-refractivity contribution in [3.05, 3.63) is 53.6 Å². The molecule has 6 heteroatoms. The third-order valence-electron chi connectivity index (χ3n) is 5.41. The number of nitrogens with zero attached hydrogens (tertiary/aromatic N) is 1. The zero-order valence-corrected chi connectivity index (χ0v) is 16.0. The van der Waals surface area contributed by atoms with Gasteiger partial charge in [-0.05, 0) is 60.6 Å². The first kappa shape index (κ1) is 18.3. The summed E-state index contributed by atoms with van der Waals surface area (Å²) < 4.78 is 5.02. The molecule has 6 nitrogen and oxygen atoms in total. The highest BCUT2D eigenvalue weighted by atomic mass is 16.6. The number of nitrogens with one attached hydrogen (secondary N) is 2. The van der Waals surface area contributed by atoms with Crippen molar-refractivity contribution in [2.45, 2.75) is 32.2 Å². The summed E-state index contributed by atoms with van der Waals surface area (Å²) in [5.41, 5.74) is 5.89. The molecule has 3 amide bonds. The molecule has 0 bridgehead atoms. The predicted molar refractivity (Wildman–Crippen MR) is 108 cm³/mol. The summed E-state index contributed by atoms with van der Waals surface area (Å²) in [6.07, 6.45) is 2.08. The van der Waals surface area contributed by atoms with Crippen LogP contribution in [-0.2, 0) is 11.2 Å². The SMILES string of the molecule is CCOC(=O)N1CCC(NC(=O)Nc2ccc3c(c2)Cc2ccccc2-3)CC1. The van der Waals surface area contributed by atoms with Gasteiger partial charge < -0.3 is 20.3 Å². The number of amides is 3. The Bertz CT molecular complexity index is 888. The first-order chi connectivity index (χ1) is 13.6. The van der Waals surface area contributed by atoms with Gasteiger partial charge in [-0.3, -0.25) is 0 Å². The molecule has 2 aliphatic rings. The highest BCUT2D eigenvalue weighted by Gasteiger charge is 2.25. The van der Waals surface area contributed by atoms with Gasteiger partial charge in [-0.1, -0.05) is 30.3 Å². The van der Waals surface area contributed by atoms with Crippen molar-refractivity contribution in [2.75, 3.05) is 25.0 Å². The number of anilines is 1. The number of benzene rings is 2. The van der Waals surface area contributed by atoms with Gasteiger partial charge >= 0.3 is 12.1 Å². The van der Waals surface area contributed by atoms with Crippen LogP contribution in [0.5, 0.6) is 0 Å². The summed E-state index contributed by atoms with van der Waals surface area (Å²) in [7, 11) is 0. The van der Waals surface area contributed by atoms with Crippen LogP contribution in [0.15, 0.2) is 42.5 Å². The predicted octanol–water partition coefficient (Wildman–Crippen LogP) is 4.00. The van der Waals surface area contributed by atoms with Crippen molar-refractivity contribution in [2.24, 2.45) is 0 Å². The van der Waals surface area contributed by atoms with Crippen LogP contribution in [0, 0.1) is 0 Å². The van der Waals surface area contributed by atoms with Gasteiger partial charge in [0.25, 0.3) is 0 Å². The van der Waals surface area contributed by atoms with E-state index in [1.807, 2.05) is 6.07 Å². The van der Waals surface area contributed by atoms with Crippen molar-refractivity contribution in [3.8, 4) is 11.1 Å². The van der Waals surface area contributed by atoms with Crippen LogP contribution in [0.3, 0.4) is 0 Å². The van der Waals surface area contributed by atoms with E-state index in [0.29, 0.717) is 19.7 Å². The molecule has 2 aromatic rings. The molecule has 4 rings (SSSR count). The van der Waals surface area contributed by atoms with E-state index < -0.39 is 0 Å². The largest absolute Gasteiger partial charge is 0.450 e. The normalized spacial score (nSPS) is 15.5. The van der Waals surface area contributed by atoms with Crippen molar-refractivity contribution in [1.29, 1.82) is 0 Å². The number of ether oxygens (including phenoxy) is 1. The van der Waals surface area contributed by atoms with Crippen molar-refractivity contribution < 1.29 is 14.3 Å². The minimum atomic E-state index is -0.274. The molecule has 0 spiro atoms. The maximum absolute atomic E-state index is 12.4. The summed E-state index contributed by atoms with van der Waals surface area (Å²) in [5, 5.41) is 5.96. The van der Waals surface area contributed by atoms with E-state index >= 15 is 0 Å². The monoisotopic (exact) mass is 379 g/mol. The van der Waals surface area contributed by atoms with Crippen LogP contribution in [0.25, 0.3) is 11.1 Å². The topological polar surface area (TPSA) is 70.7 Å². The Morgan fingerprint density at radius 3 is 2.61 bits per heavy atom. The molecule has 1 aliphatic heterocycles. The van der Waals surface area contributed by atoms with Crippen molar-refractivity contribution in [3.63, 3.8) is 0 Å². The van der Waals surface area contributed by atoms with E-state index in [-0.39, 0.29) is 18.2 Å². The quantitative estimate of drug-likeness (QED) is 0.723. The number of urea groups is 1. The second-order valence-electron chi connectivity index (χ2n) is 7.26. The summed E-state index contributed by atoms with van der Waals surface area (Å²) >= 11 is 0. The lowest BCUT2D eigenvalue weighted by Crippen LogP contribution is -2.47. The van der Waals surface area contributed by atoms with Crippen LogP contribution in [0.2, 0.25) is 0 Å². The van der Waals surface area contributed by atoms with E-state index in [2.05, 4.69) is 47.0 Å². The molecule has 0 radical (unpaired) electrons. The molecule has 0 aromatic heterocycles. The van der Waals surface area contributed by atoms with Crippen LogP contribution < -0.4 is 10.6 Å². The molecule has 0 unspecified atom stereocenters. The van der Waals surface area contributed by atoms with Gasteiger partial charge in [0.05, 0.1) is 6.61 Å². The summed E-state index contributed by atoms with van der Waals surface area (Å²) in [6, 6.07) is 14.3. The van der Waals surface area contributed by atoms with E-state index in [4.69, 9.17) is 4.74 Å². The van der Waals surface area contributed by atoms with E-state index in [1.165, 1.54) is 22.3 Å². The van der Waals surface area contributed by atoms with Gasteiger partial charge in [0, 0.05) is 24.8 Å². The zero-order valence-electron chi connectivity index (χ0n) is 16.0. The Balaban J connectivity index is 1.31. The van der Waals surface area contributed by atoms with Crippen molar-refractivity contribution in [1.82, 2.24) is 10.2 Å². The number of likely N-dealkylation sites (tertiary alicyclic amines) is 1. The van der Waals surface area contributed by atoms with Crippen LogP contribution in [0.4, 0.5) is 15.3 Å². The number of fused-ring (bicyclic) bond motifs is 3. The summed E-state index contributed by atoms with van der Waals surface area (Å²) in [6.45, 7) is 3.38. The molecular formula is C22H25N3O3. The molecule has 0 atom stereocenters. The zero-order chi connectivity index (χ0) is 19.5. The maximum Gasteiger partial charge on any atom is 0.409 e. The Labute approximate surface area is 164 Å². The second-order valence-corrected chi connectivity index (χ2v) is 7.26. The molecule has 28 heavy (non-hydrogen) atoms.